The zero-order valence-corrected chi connectivity index (χ0v) is 13.6. The summed E-state index contributed by atoms with van der Waals surface area (Å²) in [5.41, 5.74) is 0.756. The van der Waals surface area contributed by atoms with Crippen LogP contribution >= 0.6 is 11.6 Å². The second-order valence-corrected chi connectivity index (χ2v) is 5.19. The van der Waals surface area contributed by atoms with Gasteiger partial charge in [-0.2, -0.15) is 0 Å². The fourth-order valence-electron chi connectivity index (χ4n) is 1.88. The van der Waals surface area contributed by atoms with E-state index in [4.69, 9.17) is 16.3 Å². The van der Waals surface area contributed by atoms with Crippen molar-refractivity contribution in [2.75, 3.05) is 19.1 Å². The zero-order valence-electron chi connectivity index (χ0n) is 12.9. The fraction of sp³-hybridized carbons (Fsp3) is 0.588. The van der Waals surface area contributed by atoms with E-state index in [9.17, 15) is 9.90 Å². The Labute approximate surface area is 133 Å². The van der Waals surface area contributed by atoms with E-state index in [-0.39, 0.29) is 0 Å². The van der Waals surface area contributed by atoms with Gasteiger partial charge in [-0.25, -0.2) is 0 Å². The highest BCUT2D eigenvalue weighted by molar-refractivity contribution is 6.17. The van der Waals surface area contributed by atoms with Gasteiger partial charge in [-0.3, -0.25) is 4.79 Å². The van der Waals surface area contributed by atoms with Gasteiger partial charge < -0.3 is 9.84 Å². The summed E-state index contributed by atoms with van der Waals surface area (Å²) >= 11 is 5.64. The van der Waals surface area contributed by atoms with Gasteiger partial charge in [-0.05, 0) is 24.8 Å². The first-order chi connectivity index (χ1) is 10.2. The summed E-state index contributed by atoms with van der Waals surface area (Å²) in [7, 11) is 0. The van der Waals surface area contributed by atoms with Gasteiger partial charge in [-0.1, -0.05) is 50.6 Å². The first-order valence-electron chi connectivity index (χ1n) is 7.53. The molecule has 0 aromatic carbocycles. The van der Waals surface area contributed by atoms with E-state index in [1.807, 2.05) is 12.2 Å². The van der Waals surface area contributed by atoms with E-state index in [1.54, 1.807) is 12.2 Å². The molecule has 1 atom stereocenters. The zero-order chi connectivity index (χ0) is 15.9. The number of hydrogen-bond acceptors (Lipinski definition) is 2. The van der Waals surface area contributed by atoms with Gasteiger partial charge in [0.1, 0.15) is 0 Å². The van der Waals surface area contributed by atoms with Gasteiger partial charge in [0, 0.05) is 12.5 Å². The largest absolute Gasteiger partial charge is 0.481 e. The second kappa shape index (κ2) is 13.9. The van der Waals surface area contributed by atoms with Crippen molar-refractivity contribution in [1.29, 1.82) is 0 Å². The molecular weight excluding hydrogens is 288 g/mol. The number of aliphatic carboxylic acids is 1. The van der Waals surface area contributed by atoms with Crippen LogP contribution in [-0.2, 0) is 9.53 Å². The van der Waals surface area contributed by atoms with Crippen LogP contribution in [0.2, 0.25) is 0 Å². The number of carbonyl (C=O) groups is 1. The average molecular weight is 315 g/mol. The topological polar surface area (TPSA) is 46.5 Å². The highest BCUT2D eigenvalue weighted by Crippen LogP contribution is 2.20. The molecule has 0 aliphatic heterocycles. The van der Waals surface area contributed by atoms with Crippen LogP contribution in [0.5, 0.6) is 0 Å². The van der Waals surface area contributed by atoms with Crippen molar-refractivity contribution in [1.82, 2.24) is 0 Å². The molecule has 0 amide bonds. The first kappa shape index (κ1) is 19.9. The highest BCUT2D eigenvalue weighted by Gasteiger charge is 2.19. The van der Waals surface area contributed by atoms with Gasteiger partial charge >= 0.3 is 5.97 Å². The highest BCUT2D eigenvalue weighted by atomic mass is 35.5. The van der Waals surface area contributed by atoms with E-state index in [2.05, 4.69) is 13.5 Å². The molecule has 0 rings (SSSR count). The Bertz CT molecular complexity index is 348. The first-order valence-corrected chi connectivity index (χ1v) is 8.06. The Morgan fingerprint density at radius 2 is 2.14 bits per heavy atom. The third-order valence-electron chi connectivity index (χ3n) is 3.05. The Hall–Kier alpha value is -1.06. The molecule has 0 aromatic rings. The molecule has 0 aromatic heterocycles. The van der Waals surface area contributed by atoms with Gasteiger partial charge in [0.25, 0.3) is 0 Å². The van der Waals surface area contributed by atoms with Crippen molar-refractivity contribution < 1.29 is 14.6 Å². The molecule has 1 unspecified atom stereocenters. The lowest BCUT2D eigenvalue weighted by Gasteiger charge is -2.13. The number of allylic oxidation sites excluding steroid dienone is 3. The van der Waals surface area contributed by atoms with Crippen LogP contribution in [0.25, 0.3) is 0 Å². The summed E-state index contributed by atoms with van der Waals surface area (Å²) in [6.07, 6.45) is 11.4. The Morgan fingerprint density at radius 3 is 2.71 bits per heavy atom. The maximum Gasteiger partial charge on any atom is 0.310 e. The molecule has 3 nitrogen and oxygen atoms in total. The Balaban J connectivity index is 4.52. The predicted molar refractivity (Wildman–Crippen MR) is 88.8 cm³/mol. The van der Waals surface area contributed by atoms with Gasteiger partial charge in [0.15, 0.2) is 0 Å². The number of halogens is 1. The summed E-state index contributed by atoms with van der Waals surface area (Å²) in [6.45, 7) is 7.00. The number of hydrogen-bond donors (Lipinski definition) is 1. The van der Waals surface area contributed by atoms with Gasteiger partial charge in [0.05, 0.1) is 12.5 Å². The minimum absolute atomic E-state index is 0.502. The van der Waals surface area contributed by atoms with Gasteiger partial charge in [-0.15, -0.1) is 11.6 Å². The van der Waals surface area contributed by atoms with E-state index in [0.717, 1.165) is 37.9 Å². The van der Waals surface area contributed by atoms with E-state index >= 15 is 0 Å². The lowest BCUT2D eigenvalue weighted by molar-refractivity contribution is -0.140. The molecule has 0 aliphatic carbocycles. The van der Waals surface area contributed by atoms with Crippen molar-refractivity contribution in [2.24, 2.45) is 5.92 Å². The predicted octanol–water partition coefficient (Wildman–Crippen LogP) is 4.58. The number of carboxylic acid groups (broad SMARTS) is 1. The third kappa shape index (κ3) is 10.3. The minimum atomic E-state index is -0.811. The summed E-state index contributed by atoms with van der Waals surface area (Å²) in [5, 5.41) is 9.37. The monoisotopic (exact) mass is 314 g/mol. The summed E-state index contributed by atoms with van der Waals surface area (Å²) in [5.74, 6) is -0.763. The van der Waals surface area contributed by atoms with Crippen LogP contribution in [0.15, 0.2) is 36.5 Å². The van der Waals surface area contributed by atoms with E-state index in [1.165, 1.54) is 0 Å². The third-order valence-corrected chi connectivity index (χ3v) is 3.32. The smallest absolute Gasteiger partial charge is 0.310 e. The van der Waals surface area contributed by atoms with Crippen LogP contribution in [-0.4, -0.2) is 30.2 Å². The van der Waals surface area contributed by atoms with Crippen molar-refractivity contribution in [2.45, 2.75) is 39.0 Å². The summed E-state index contributed by atoms with van der Waals surface area (Å²) in [6, 6.07) is 0. The SMILES string of the molecule is C=CC=C(C=CCOCCCC)C(CCCCCl)C(=O)O. The fourth-order valence-corrected chi connectivity index (χ4v) is 2.07. The number of carboxylic acids is 1. The molecule has 0 radical (unpaired) electrons. The van der Waals surface area contributed by atoms with Gasteiger partial charge in [0.2, 0.25) is 0 Å². The lowest BCUT2D eigenvalue weighted by Crippen LogP contribution is -2.15. The molecule has 0 aliphatic rings. The number of unbranched alkanes of at least 4 members (excludes halogenated alkanes) is 2. The number of alkyl halides is 1. The molecule has 0 heterocycles. The molecule has 0 bridgehead atoms. The molecule has 1 N–H and O–H groups in total. The molecule has 0 saturated carbocycles. The minimum Gasteiger partial charge on any atom is -0.481 e. The van der Waals surface area contributed by atoms with Crippen LogP contribution < -0.4 is 0 Å². The normalized spacial score (nSPS) is 13.5. The van der Waals surface area contributed by atoms with Crippen molar-refractivity contribution >= 4 is 17.6 Å². The van der Waals surface area contributed by atoms with Crippen LogP contribution in [0.1, 0.15) is 39.0 Å². The molecule has 4 heteroatoms. The molecular formula is C17H27ClO3. The lowest BCUT2D eigenvalue weighted by atomic mass is 9.92. The van der Waals surface area contributed by atoms with Crippen molar-refractivity contribution in [3.63, 3.8) is 0 Å². The number of ether oxygens (including phenoxy) is 1. The summed E-state index contributed by atoms with van der Waals surface area (Å²) < 4.78 is 5.44. The molecule has 0 fully saturated rings. The van der Waals surface area contributed by atoms with Crippen molar-refractivity contribution in [3.05, 3.63) is 36.5 Å². The van der Waals surface area contributed by atoms with E-state index < -0.39 is 11.9 Å². The summed E-state index contributed by atoms with van der Waals surface area (Å²) in [4.78, 5) is 11.4. The second-order valence-electron chi connectivity index (χ2n) is 4.81. The quantitative estimate of drug-likeness (QED) is 0.307. The molecule has 120 valence electrons. The Morgan fingerprint density at radius 1 is 1.38 bits per heavy atom. The number of rotatable bonds is 13. The Kier molecular flexibility index (Phi) is 13.2. The molecule has 21 heavy (non-hydrogen) atoms. The maximum absolute atomic E-state index is 11.4. The molecule has 0 saturated heterocycles. The van der Waals surface area contributed by atoms with Crippen LogP contribution in [0, 0.1) is 5.92 Å². The average Bonchev–Trinajstić information content (AvgIpc) is 2.46. The van der Waals surface area contributed by atoms with Crippen LogP contribution in [0.3, 0.4) is 0 Å². The molecule has 0 spiro atoms. The van der Waals surface area contributed by atoms with Crippen LogP contribution in [0.4, 0.5) is 0 Å². The standard InChI is InChI=1S/C17H27ClO3/c1-3-5-13-21-14-8-10-15(9-4-2)16(17(19)20)11-6-7-12-18/h4,8-10,16H,2-3,5-7,11-14H2,1H3,(H,19,20). The van der Waals surface area contributed by atoms with E-state index in [0.29, 0.717) is 18.9 Å². The van der Waals surface area contributed by atoms with Crippen molar-refractivity contribution in [3.8, 4) is 0 Å². The maximum atomic E-state index is 11.4.